The molecule has 190 valence electrons. The number of nitriles is 1. The lowest BCUT2D eigenvalue weighted by molar-refractivity contribution is -0.310. The van der Waals surface area contributed by atoms with Crippen LogP contribution in [-0.4, -0.2) is 30.7 Å². The Labute approximate surface area is 200 Å². The molecule has 1 aromatic carbocycles. The first-order valence-corrected chi connectivity index (χ1v) is 11.7. The average Bonchev–Trinajstić information content (AvgIpc) is 3.26. The maximum atomic E-state index is 14.1. The van der Waals surface area contributed by atoms with Gasteiger partial charge < -0.3 is 5.73 Å². The molecular formula is C21H16F6N6O2S. The quantitative estimate of drug-likeness (QED) is 0.564. The number of benzene rings is 1. The molecule has 2 aliphatic rings. The molecule has 1 aliphatic carbocycles. The average molecular weight is 530 g/mol. The molecule has 0 bridgehead atoms. The molecule has 0 saturated carbocycles. The number of allylic oxidation sites excluding steroid dienone is 3. The predicted molar refractivity (Wildman–Crippen MR) is 114 cm³/mol. The Kier molecular flexibility index (Phi) is 5.90. The number of nitrogens with two attached hydrogens (primary N) is 1. The first-order valence-electron chi connectivity index (χ1n) is 10.2. The second-order valence-corrected chi connectivity index (χ2v) is 9.59. The third-order valence-electron chi connectivity index (χ3n) is 5.94. The summed E-state index contributed by atoms with van der Waals surface area (Å²) in [5, 5.41) is 9.46. The van der Waals surface area contributed by atoms with Gasteiger partial charge in [0.2, 0.25) is 11.4 Å². The van der Waals surface area contributed by atoms with Gasteiger partial charge in [-0.1, -0.05) is 0 Å². The van der Waals surface area contributed by atoms with E-state index in [4.69, 9.17) is 5.73 Å². The molecule has 0 amide bonds. The van der Waals surface area contributed by atoms with Gasteiger partial charge in [-0.3, -0.25) is 4.90 Å². The number of hydrogen-bond donors (Lipinski definition) is 2. The van der Waals surface area contributed by atoms with Crippen molar-refractivity contribution in [2.45, 2.75) is 36.5 Å². The summed E-state index contributed by atoms with van der Waals surface area (Å²) in [6.07, 6.45) is -9.86. The highest BCUT2D eigenvalue weighted by Crippen LogP contribution is 2.65. The minimum atomic E-state index is -5.87. The molecule has 2 aromatic rings. The van der Waals surface area contributed by atoms with Crippen LogP contribution in [0.25, 0.3) is 0 Å². The van der Waals surface area contributed by atoms with E-state index in [2.05, 4.69) is 14.7 Å². The Hall–Kier alpha value is -3.80. The van der Waals surface area contributed by atoms with Gasteiger partial charge in [0.1, 0.15) is 11.9 Å². The van der Waals surface area contributed by atoms with Crippen molar-refractivity contribution in [1.29, 1.82) is 5.26 Å². The lowest BCUT2D eigenvalue weighted by Gasteiger charge is -2.44. The van der Waals surface area contributed by atoms with Gasteiger partial charge in [-0.05, 0) is 55.2 Å². The number of aromatic nitrogens is 2. The zero-order valence-electron chi connectivity index (χ0n) is 18.0. The Bertz CT molecular complexity index is 1380. The second-order valence-electron chi connectivity index (χ2n) is 7.90. The van der Waals surface area contributed by atoms with Gasteiger partial charge in [0.15, 0.2) is 0 Å². The maximum absolute atomic E-state index is 14.1. The summed E-state index contributed by atoms with van der Waals surface area (Å²) in [5.74, 6) is -1.24. The molecule has 3 N–H and O–H groups in total. The first-order chi connectivity index (χ1) is 16.8. The Morgan fingerprint density at radius 3 is 2.14 bits per heavy atom. The number of sulfonamides is 1. The van der Waals surface area contributed by atoms with Crippen molar-refractivity contribution in [3.63, 3.8) is 0 Å². The molecule has 0 spiro atoms. The highest BCUT2D eigenvalue weighted by atomic mass is 32.2. The third-order valence-corrected chi connectivity index (χ3v) is 7.29. The van der Waals surface area contributed by atoms with Crippen molar-refractivity contribution < 1.29 is 34.8 Å². The summed E-state index contributed by atoms with van der Waals surface area (Å²) in [4.78, 5) is 8.16. The monoisotopic (exact) mass is 530 g/mol. The summed E-state index contributed by atoms with van der Waals surface area (Å²) in [7, 11) is -4.16. The van der Waals surface area contributed by atoms with E-state index in [1.807, 2.05) is 0 Å². The molecule has 4 rings (SSSR count). The molecule has 1 aromatic heterocycles. The van der Waals surface area contributed by atoms with E-state index < -0.39 is 51.2 Å². The predicted octanol–water partition coefficient (Wildman–Crippen LogP) is 4.34. The van der Waals surface area contributed by atoms with Crippen LogP contribution in [-0.2, 0) is 10.0 Å². The van der Waals surface area contributed by atoms with E-state index in [1.54, 1.807) is 0 Å². The standard InChI is InChI=1S/C21H16F6N6O2S/c22-20(23,24)19(21(25,26)27)14-3-1-4-16(14)33(17(29)15(19)11-28)12-5-7-13(8-6-12)36(34,35)32-18-30-9-2-10-31-18/h2,5-10H,1,3-4,29H2,(H,30,31,32). The SMILES string of the molecule is N#CC1=C(N)N(c2ccc(S(=O)(=O)Nc3ncccn3)cc2)C2=C(CCC2)C1(C(F)(F)F)C(F)(F)F. The van der Waals surface area contributed by atoms with E-state index in [0.29, 0.717) is 0 Å². The van der Waals surface area contributed by atoms with Crippen LogP contribution in [0.1, 0.15) is 19.3 Å². The van der Waals surface area contributed by atoms with Gasteiger partial charge in [0.05, 0.1) is 10.5 Å². The molecule has 0 radical (unpaired) electrons. The highest BCUT2D eigenvalue weighted by molar-refractivity contribution is 7.92. The number of hydrogen-bond acceptors (Lipinski definition) is 7. The van der Waals surface area contributed by atoms with Crippen molar-refractivity contribution in [3.05, 3.63) is 65.4 Å². The van der Waals surface area contributed by atoms with Crippen LogP contribution in [0, 0.1) is 16.7 Å². The molecule has 0 atom stereocenters. The normalized spacial score (nSPS) is 18.2. The highest BCUT2D eigenvalue weighted by Gasteiger charge is 2.77. The summed E-state index contributed by atoms with van der Waals surface area (Å²) in [6.45, 7) is 0. The summed E-state index contributed by atoms with van der Waals surface area (Å²) < 4.78 is 112. The van der Waals surface area contributed by atoms with Crippen molar-refractivity contribution in [2.75, 3.05) is 9.62 Å². The van der Waals surface area contributed by atoms with Gasteiger partial charge in [0.25, 0.3) is 10.0 Å². The van der Waals surface area contributed by atoms with Crippen molar-refractivity contribution in [1.82, 2.24) is 9.97 Å². The lowest BCUT2D eigenvalue weighted by atomic mass is 9.69. The molecule has 1 aliphatic heterocycles. The van der Waals surface area contributed by atoms with Crippen LogP contribution in [0.15, 0.2) is 70.3 Å². The number of rotatable bonds is 4. The van der Waals surface area contributed by atoms with Gasteiger partial charge in [-0.25, -0.2) is 23.1 Å². The number of nitrogens with one attached hydrogen (secondary N) is 1. The van der Waals surface area contributed by atoms with Crippen LogP contribution < -0.4 is 15.4 Å². The van der Waals surface area contributed by atoms with Crippen LogP contribution in [0.5, 0.6) is 0 Å². The summed E-state index contributed by atoms with van der Waals surface area (Å²) in [6, 6.07) is 7.03. The van der Waals surface area contributed by atoms with Crippen molar-refractivity contribution >= 4 is 21.7 Å². The molecular weight excluding hydrogens is 514 g/mol. The van der Waals surface area contributed by atoms with E-state index in [1.165, 1.54) is 30.6 Å². The molecule has 0 fully saturated rings. The summed E-state index contributed by atoms with van der Waals surface area (Å²) in [5.41, 5.74) is -1.71. The molecule has 0 unspecified atom stereocenters. The molecule has 2 heterocycles. The fourth-order valence-corrected chi connectivity index (χ4v) is 5.46. The summed E-state index contributed by atoms with van der Waals surface area (Å²) >= 11 is 0. The van der Waals surface area contributed by atoms with Crippen molar-refractivity contribution in [2.24, 2.45) is 11.1 Å². The van der Waals surface area contributed by atoms with Gasteiger partial charge >= 0.3 is 12.4 Å². The van der Waals surface area contributed by atoms with Crippen LogP contribution in [0.2, 0.25) is 0 Å². The van der Waals surface area contributed by atoms with E-state index in [-0.39, 0.29) is 35.1 Å². The Morgan fingerprint density at radius 2 is 1.61 bits per heavy atom. The minimum absolute atomic E-state index is 0.0116. The zero-order valence-corrected chi connectivity index (χ0v) is 18.8. The molecule has 15 heteroatoms. The first kappa shape index (κ1) is 25.3. The Morgan fingerprint density at radius 1 is 1.03 bits per heavy atom. The zero-order chi connectivity index (χ0) is 26.5. The fraction of sp³-hybridized carbons (Fsp3) is 0.286. The van der Waals surface area contributed by atoms with Crippen LogP contribution in [0.4, 0.5) is 38.0 Å². The van der Waals surface area contributed by atoms with Crippen molar-refractivity contribution in [3.8, 4) is 6.07 Å². The topological polar surface area (TPSA) is 125 Å². The lowest BCUT2D eigenvalue weighted by Crippen LogP contribution is -2.56. The number of anilines is 2. The van der Waals surface area contributed by atoms with E-state index in [9.17, 15) is 40.0 Å². The number of nitrogens with zero attached hydrogens (tertiary/aromatic N) is 4. The third kappa shape index (κ3) is 3.72. The Balaban J connectivity index is 1.81. The van der Waals surface area contributed by atoms with Gasteiger partial charge in [-0.15, -0.1) is 0 Å². The molecule has 36 heavy (non-hydrogen) atoms. The largest absolute Gasteiger partial charge is 0.411 e. The smallest absolute Gasteiger partial charge is 0.384 e. The van der Waals surface area contributed by atoms with Crippen LogP contribution >= 0.6 is 0 Å². The van der Waals surface area contributed by atoms with E-state index >= 15 is 0 Å². The van der Waals surface area contributed by atoms with Gasteiger partial charge in [0, 0.05) is 23.8 Å². The molecule has 0 saturated heterocycles. The maximum Gasteiger partial charge on any atom is 0.411 e. The number of alkyl halides is 6. The number of halogens is 6. The van der Waals surface area contributed by atoms with Crippen LogP contribution in [0.3, 0.4) is 0 Å². The minimum Gasteiger partial charge on any atom is -0.384 e. The van der Waals surface area contributed by atoms with E-state index in [0.717, 1.165) is 23.1 Å². The second kappa shape index (κ2) is 8.40. The van der Waals surface area contributed by atoms with Gasteiger partial charge in [-0.2, -0.15) is 31.6 Å². The fourth-order valence-electron chi connectivity index (χ4n) is 4.51. The molecule has 8 nitrogen and oxygen atoms in total.